The second-order valence-electron chi connectivity index (χ2n) is 5.13. The van der Waals surface area contributed by atoms with Crippen LogP contribution in [0.4, 0.5) is 4.39 Å². The molecule has 0 saturated carbocycles. The predicted octanol–water partition coefficient (Wildman–Crippen LogP) is 3.39. The quantitative estimate of drug-likeness (QED) is 0.776. The van der Waals surface area contributed by atoms with E-state index in [1.807, 2.05) is 4.90 Å². The minimum atomic E-state index is -0.277. The number of hydrogen-bond donors (Lipinski definition) is 0. The zero-order valence-corrected chi connectivity index (χ0v) is 12.5. The van der Waals surface area contributed by atoms with Gasteiger partial charge in [0.05, 0.1) is 6.42 Å². The second kappa shape index (κ2) is 7.04. The summed E-state index contributed by atoms with van der Waals surface area (Å²) in [6.07, 6.45) is 3.70. The summed E-state index contributed by atoms with van der Waals surface area (Å²) < 4.78 is 13.1. The molecule has 1 heterocycles. The van der Waals surface area contributed by atoms with Gasteiger partial charge < -0.3 is 4.90 Å². The van der Waals surface area contributed by atoms with Gasteiger partial charge in [-0.15, -0.1) is 0 Å². The molecule has 1 unspecified atom stereocenters. The van der Waals surface area contributed by atoms with Gasteiger partial charge in [0.1, 0.15) is 5.82 Å². The van der Waals surface area contributed by atoms with Crippen LogP contribution in [0, 0.1) is 11.7 Å². The Morgan fingerprint density at radius 3 is 3.05 bits per heavy atom. The first-order chi connectivity index (χ1) is 9.19. The highest BCUT2D eigenvalue weighted by Gasteiger charge is 2.23. The van der Waals surface area contributed by atoms with Gasteiger partial charge in [-0.1, -0.05) is 28.1 Å². The van der Waals surface area contributed by atoms with Gasteiger partial charge in [0.25, 0.3) is 0 Å². The van der Waals surface area contributed by atoms with E-state index in [9.17, 15) is 9.18 Å². The molecule has 2 nitrogen and oxygen atoms in total. The molecule has 1 aliphatic rings. The molecule has 0 bridgehead atoms. The standard InChI is InChI=1S/C15H19BrFNO/c16-7-6-12-4-2-8-18(11-12)15(19)10-13-3-1-5-14(17)9-13/h1,3,5,9,12H,2,4,6-8,10-11H2. The zero-order valence-electron chi connectivity index (χ0n) is 10.9. The number of carbonyl (C=O) groups excluding carboxylic acids is 1. The largest absolute Gasteiger partial charge is 0.342 e. The van der Waals surface area contributed by atoms with Gasteiger partial charge in [-0.05, 0) is 42.9 Å². The molecule has 1 aliphatic heterocycles. The summed E-state index contributed by atoms with van der Waals surface area (Å²) >= 11 is 3.46. The van der Waals surface area contributed by atoms with Crippen molar-refractivity contribution < 1.29 is 9.18 Å². The molecule has 0 radical (unpaired) electrons. The Hall–Kier alpha value is -0.900. The summed E-state index contributed by atoms with van der Waals surface area (Å²) in [4.78, 5) is 14.2. The van der Waals surface area contributed by atoms with Crippen LogP contribution < -0.4 is 0 Å². The molecule has 0 aliphatic carbocycles. The molecular formula is C15H19BrFNO. The van der Waals surface area contributed by atoms with Crippen LogP contribution in [0.5, 0.6) is 0 Å². The number of nitrogens with zero attached hydrogens (tertiary/aromatic N) is 1. The Labute approximate surface area is 122 Å². The van der Waals surface area contributed by atoms with Crippen LogP contribution >= 0.6 is 15.9 Å². The van der Waals surface area contributed by atoms with Gasteiger partial charge in [-0.25, -0.2) is 4.39 Å². The van der Waals surface area contributed by atoms with Crippen LogP contribution in [0.1, 0.15) is 24.8 Å². The number of piperidine rings is 1. The first-order valence-electron chi connectivity index (χ1n) is 6.77. The normalized spacial score (nSPS) is 19.5. The van der Waals surface area contributed by atoms with Gasteiger partial charge in [-0.3, -0.25) is 4.79 Å². The average molecular weight is 328 g/mol. The third kappa shape index (κ3) is 4.30. The molecule has 1 fully saturated rings. The lowest BCUT2D eigenvalue weighted by Gasteiger charge is -2.32. The Balaban J connectivity index is 1.92. The summed E-state index contributed by atoms with van der Waals surface area (Å²) in [6, 6.07) is 6.31. The van der Waals surface area contributed by atoms with Crippen molar-refractivity contribution in [3.63, 3.8) is 0 Å². The Bertz CT molecular complexity index is 436. The molecule has 19 heavy (non-hydrogen) atoms. The van der Waals surface area contributed by atoms with Crippen LogP contribution in [0.3, 0.4) is 0 Å². The fourth-order valence-corrected chi connectivity index (χ4v) is 3.26. The van der Waals surface area contributed by atoms with Gasteiger partial charge >= 0.3 is 0 Å². The van der Waals surface area contributed by atoms with Crippen molar-refractivity contribution in [1.29, 1.82) is 0 Å². The van der Waals surface area contributed by atoms with E-state index in [2.05, 4.69) is 15.9 Å². The highest BCUT2D eigenvalue weighted by molar-refractivity contribution is 9.09. The third-order valence-electron chi connectivity index (χ3n) is 3.63. The molecular weight excluding hydrogens is 309 g/mol. The average Bonchev–Trinajstić information content (AvgIpc) is 2.39. The fourth-order valence-electron chi connectivity index (χ4n) is 2.61. The van der Waals surface area contributed by atoms with Crippen molar-refractivity contribution in [2.75, 3.05) is 18.4 Å². The van der Waals surface area contributed by atoms with Gasteiger partial charge in [0.2, 0.25) is 5.91 Å². The molecule has 4 heteroatoms. The van der Waals surface area contributed by atoms with E-state index in [0.717, 1.165) is 36.8 Å². The maximum atomic E-state index is 13.1. The Morgan fingerprint density at radius 1 is 1.47 bits per heavy atom. The van der Waals surface area contributed by atoms with Crippen molar-refractivity contribution in [3.05, 3.63) is 35.6 Å². The van der Waals surface area contributed by atoms with Crippen molar-refractivity contribution in [2.45, 2.75) is 25.7 Å². The van der Waals surface area contributed by atoms with Crippen LogP contribution in [0.2, 0.25) is 0 Å². The van der Waals surface area contributed by atoms with Crippen molar-refractivity contribution in [3.8, 4) is 0 Å². The highest BCUT2D eigenvalue weighted by atomic mass is 79.9. The minimum Gasteiger partial charge on any atom is -0.342 e. The smallest absolute Gasteiger partial charge is 0.227 e. The molecule has 1 atom stereocenters. The summed E-state index contributed by atoms with van der Waals surface area (Å²) in [5.74, 6) is 0.440. The van der Waals surface area contributed by atoms with E-state index < -0.39 is 0 Å². The molecule has 1 amide bonds. The van der Waals surface area contributed by atoms with E-state index in [1.54, 1.807) is 12.1 Å². The zero-order chi connectivity index (χ0) is 13.7. The highest BCUT2D eigenvalue weighted by Crippen LogP contribution is 2.21. The van der Waals surface area contributed by atoms with Crippen LogP contribution in [0.15, 0.2) is 24.3 Å². The second-order valence-corrected chi connectivity index (χ2v) is 5.93. The van der Waals surface area contributed by atoms with E-state index >= 15 is 0 Å². The topological polar surface area (TPSA) is 20.3 Å². The van der Waals surface area contributed by atoms with Crippen LogP contribution in [-0.2, 0) is 11.2 Å². The van der Waals surface area contributed by atoms with Crippen molar-refractivity contribution in [2.24, 2.45) is 5.92 Å². The summed E-state index contributed by atoms with van der Waals surface area (Å²) in [5.41, 5.74) is 0.757. The van der Waals surface area contributed by atoms with Gasteiger partial charge in [-0.2, -0.15) is 0 Å². The number of halogens is 2. The molecule has 104 valence electrons. The van der Waals surface area contributed by atoms with E-state index in [4.69, 9.17) is 0 Å². The molecule has 1 saturated heterocycles. The predicted molar refractivity (Wildman–Crippen MR) is 77.8 cm³/mol. The third-order valence-corrected chi connectivity index (χ3v) is 4.09. The number of likely N-dealkylation sites (tertiary alicyclic amines) is 1. The number of rotatable bonds is 4. The van der Waals surface area contributed by atoms with Crippen molar-refractivity contribution >= 4 is 21.8 Å². The fraction of sp³-hybridized carbons (Fsp3) is 0.533. The number of carbonyl (C=O) groups is 1. The molecule has 1 aromatic carbocycles. The molecule has 0 aromatic heterocycles. The lowest BCUT2D eigenvalue weighted by molar-refractivity contribution is -0.132. The Morgan fingerprint density at radius 2 is 2.32 bits per heavy atom. The SMILES string of the molecule is O=C(Cc1cccc(F)c1)N1CCCC(CCBr)C1. The van der Waals surface area contributed by atoms with Crippen LogP contribution in [-0.4, -0.2) is 29.2 Å². The first kappa shape index (κ1) is 14.5. The van der Waals surface area contributed by atoms with E-state index in [1.165, 1.54) is 18.6 Å². The number of amides is 1. The van der Waals surface area contributed by atoms with Crippen molar-refractivity contribution in [1.82, 2.24) is 4.90 Å². The maximum absolute atomic E-state index is 13.1. The van der Waals surface area contributed by atoms with Gasteiger partial charge in [0, 0.05) is 18.4 Å². The number of alkyl halides is 1. The molecule has 0 N–H and O–H groups in total. The van der Waals surface area contributed by atoms with E-state index in [-0.39, 0.29) is 11.7 Å². The minimum absolute atomic E-state index is 0.116. The van der Waals surface area contributed by atoms with Crippen LogP contribution in [0.25, 0.3) is 0 Å². The lowest BCUT2D eigenvalue weighted by atomic mass is 9.95. The monoisotopic (exact) mass is 327 g/mol. The molecule has 1 aromatic rings. The Kier molecular flexibility index (Phi) is 5.37. The molecule has 0 spiro atoms. The number of benzene rings is 1. The van der Waals surface area contributed by atoms with E-state index in [0.29, 0.717) is 12.3 Å². The summed E-state index contributed by atoms with van der Waals surface area (Å²) in [6.45, 7) is 1.69. The lowest BCUT2D eigenvalue weighted by Crippen LogP contribution is -2.40. The summed E-state index contributed by atoms with van der Waals surface area (Å²) in [7, 11) is 0. The maximum Gasteiger partial charge on any atom is 0.227 e. The summed E-state index contributed by atoms with van der Waals surface area (Å²) in [5, 5.41) is 0.990. The molecule has 2 rings (SSSR count). The van der Waals surface area contributed by atoms with Gasteiger partial charge in [0.15, 0.2) is 0 Å². The number of hydrogen-bond acceptors (Lipinski definition) is 1. The first-order valence-corrected chi connectivity index (χ1v) is 7.89.